The van der Waals surface area contributed by atoms with E-state index in [4.69, 9.17) is 9.90 Å². The van der Waals surface area contributed by atoms with Crippen LogP contribution < -0.4 is 0 Å². The number of hydrogen-bond donors (Lipinski definition) is 2. The quantitative estimate of drug-likeness (QED) is 0.895. The zero-order valence-corrected chi connectivity index (χ0v) is 11.6. The van der Waals surface area contributed by atoms with Crippen LogP contribution in [-0.2, 0) is 9.59 Å². The second-order valence-electron chi connectivity index (χ2n) is 4.70. The van der Waals surface area contributed by atoms with Crippen molar-refractivity contribution in [3.63, 3.8) is 0 Å². The number of rotatable bonds is 3. The highest BCUT2D eigenvalue weighted by Gasteiger charge is 2.38. The van der Waals surface area contributed by atoms with Crippen LogP contribution in [0.25, 0.3) is 0 Å². The second-order valence-corrected chi connectivity index (χ2v) is 4.70. The van der Waals surface area contributed by atoms with Gasteiger partial charge in [0.15, 0.2) is 0 Å². The van der Waals surface area contributed by atoms with Crippen LogP contribution in [0.2, 0.25) is 0 Å². The van der Waals surface area contributed by atoms with E-state index < -0.39 is 24.2 Å². The molecule has 0 saturated carbocycles. The smallest absolute Gasteiger partial charge is 0.480 e. The van der Waals surface area contributed by atoms with Crippen molar-refractivity contribution in [2.24, 2.45) is 0 Å². The van der Waals surface area contributed by atoms with Gasteiger partial charge in [-0.25, -0.2) is 4.79 Å². The molecule has 1 saturated heterocycles. The summed E-state index contributed by atoms with van der Waals surface area (Å²) in [6.45, 7) is 1.79. The lowest BCUT2D eigenvalue weighted by Gasteiger charge is -2.23. The lowest BCUT2D eigenvalue weighted by molar-refractivity contribution is -0.192. The van der Waals surface area contributed by atoms with Gasteiger partial charge in [-0.3, -0.25) is 9.69 Å². The summed E-state index contributed by atoms with van der Waals surface area (Å²) < 4.78 is 31.7. The summed E-state index contributed by atoms with van der Waals surface area (Å²) in [5, 5.41) is 16.4. The van der Waals surface area contributed by atoms with E-state index in [-0.39, 0.29) is 0 Å². The van der Waals surface area contributed by atoms with E-state index in [1.165, 1.54) is 0 Å². The molecular formula is C14H16F3NO4. The number of nitrogens with zero attached hydrogens (tertiary/aromatic N) is 1. The number of carboxylic acid groups (broad SMARTS) is 2. The van der Waals surface area contributed by atoms with Crippen LogP contribution in [0, 0.1) is 0 Å². The molecule has 8 heteroatoms. The Labute approximate surface area is 125 Å². The van der Waals surface area contributed by atoms with Crippen LogP contribution in [0.4, 0.5) is 13.2 Å². The first kappa shape index (κ1) is 18.0. The fourth-order valence-electron chi connectivity index (χ4n) is 2.14. The minimum absolute atomic E-state index is 0.464. The Morgan fingerprint density at radius 1 is 1.05 bits per heavy atom. The van der Waals surface area contributed by atoms with Crippen LogP contribution >= 0.6 is 0 Å². The SMILES string of the molecule is O=C(O)C(F)(F)F.O=C(O)C(c1ccccc1)N1CCCC1. The van der Waals surface area contributed by atoms with E-state index in [1.807, 2.05) is 35.2 Å². The molecule has 1 aliphatic rings. The Hall–Kier alpha value is -2.09. The molecule has 0 spiro atoms. The van der Waals surface area contributed by atoms with Crippen molar-refractivity contribution >= 4 is 11.9 Å². The van der Waals surface area contributed by atoms with Gasteiger partial charge in [0.05, 0.1) is 0 Å². The van der Waals surface area contributed by atoms with Crippen LogP contribution in [-0.4, -0.2) is 46.3 Å². The molecule has 1 aromatic rings. The van der Waals surface area contributed by atoms with Crippen molar-refractivity contribution < 1.29 is 33.0 Å². The third kappa shape index (κ3) is 5.36. The summed E-state index contributed by atoms with van der Waals surface area (Å²) in [7, 11) is 0. The molecule has 1 fully saturated rings. The number of alkyl halides is 3. The summed E-state index contributed by atoms with van der Waals surface area (Å²) in [5.74, 6) is -3.50. The van der Waals surface area contributed by atoms with Crippen LogP contribution in [0.15, 0.2) is 30.3 Å². The van der Waals surface area contributed by atoms with Crippen molar-refractivity contribution in [1.82, 2.24) is 4.90 Å². The minimum atomic E-state index is -5.08. The normalized spacial score (nSPS) is 16.5. The minimum Gasteiger partial charge on any atom is -0.480 e. The van der Waals surface area contributed by atoms with E-state index in [0.29, 0.717) is 0 Å². The Balaban J connectivity index is 0.000000295. The number of aliphatic carboxylic acids is 2. The number of carboxylic acids is 2. The van der Waals surface area contributed by atoms with Gasteiger partial charge in [0.2, 0.25) is 0 Å². The van der Waals surface area contributed by atoms with Crippen LogP contribution in [0.3, 0.4) is 0 Å². The zero-order valence-electron chi connectivity index (χ0n) is 11.6. The number of likely N-dealkylation sites (tertiary alicyclic amines) is 1. The van der Waals surface area contributed by atoms with Gasteiger partial charge < -0.3 is 10.2 Å². The van der Waals surface area contributed by atoms with Gasteiger partial charge in [0, 0.05) is 0 Å². The zero-order chi connectivity index (χ0) is 16.8. The molecule has 1 aromatic carbocycles. The molecule has 0 amide bonds. The summed E-state index contributed by atoms with van der Waals surface area (Å²) >= 11 is 0. The van der Waals surface area contributed by atoms with E-state index in [0.717, 1.165) is 31.5 Å². The Morgan fingerprint density at radius 2 is 1.50 bits per heavy atom. The van der Waals surface area contributed by atoms with Gasteiger partial charge in [-0.15, -0.1) is 0 Å². The first-order valence-electron chi connectivity index (χ1n) is 6.55. The highest BCUT2D eigenvalue weighted by molar-refractivity contribution is 5.75. The molecule has 1 unspecified atom stereocenters. The number of carbonyl (C=O) groups is 2. The summed E-state index contributed by atoms with van der Waals surface area (Å²) in [6, 6.07) is 9.00. The van der Waals surface area contributed by atoms with Gasteiger partial charge in [-0.2, -0.15) is 13.2 Å². The van der Waals surface area contributed by atoms with E-state index in [9.17, 15) is 23.1 Å². The third-order valence-corrected chi connectivity index (χ3v) is 3.10. The number of benzene rings is 1. The lowest BCUT2D eigenvalue weighted by Crippen LogP contribution is -2.31. The highest BCUT2D eigenvalue weighted by Crippen LogP contribution is 2.24. The Morgan fingerprint density at radius 3 is 1.86 bits per heavy atom. The molecule has 0 aromatic heterocycles. The average Bonchev–Trinajstić information content (AvgIpc) is 2.93. The van der Waals surface area contributed by atoms with Crippen molar-refractivity contribution in [2.75, 3.05) is 13.1 Å². The summed E-state index contributed by atoms with van der Waals surface area (Å²) in [6.07, 6.45) is -2.87. The second kappa shape index (κ2) is 7.79. The maximum atomic E-state index is 11.2. The average molecular weight is 319 g/mol. The molecule has 5 nitrogen and oxygen atoms in total. The van der Waals surface area contributed by atoms with Gasteiger partial charge >= 0.3 is 18.1 Å². The first-order valence-corrected chi connectivity index (χ1v) is 6.55. The van der Waals surface area contributed by atoms with E-state index in [1.54, 1.807) is 0 Å². The molecule has 122 valence electrons. The molecular weight excluding hydrogens is 303 g/mol. The topological polar surface area (TPSA) is 77.8 Å². The van der Waals surface area contributed by atoms with E-state index >= 15 is 0 Å². The number of hydrogen-bond acceptors (Lipinski definition) is 3. The predicted molar refractivity (Wildman–Crippen MR) is 71.3 cm³/mol. The molecule has 2 N–H and O–H groups in total. The van der Waals surface area contributed by atoms with Crippen LogP contribution in [0.5, 0.6) is 0 Å². The predicted octanol–water partition coefficient (Wildman–Crippen LogP) is 2.54. The van der Waals surface area contributed by atoms with Gasteiger partial charge in [-0.1, -0.05) is 30.3 Å². The van der Waals surface area contributed by atoms with Gasteiger partial charge in [0.1, 0.15) is 6.04 Å². The third-order valence-electron chi connectivity index (χ3n) is 3.10. The van der Waals surface area contributed by atoms with Gasteiger partial charge in [0.25, 0.3) is 0 Å². The molecule has 0 aliphatic carbocycles. The standard InChI is InChI=1S/C12H15NO2.C2HF3O2/c14-12(15)11(13-8-4-5-9-13)10-6-2-1-3-7-10;3-2(4,5)1(6)7/h1-3,6-7,11H,4-5,8-9H2,(H,14,15);(H,6,7). The molecule has 2 rings (SSSR count). The van der Waals surface area contributed by atoms with E-state index in [2.05, 4.69) is 0 Å². The first-order chi connectivity index (χ1) is 10.2. The molecule has 1 aliphatic heterocycles. The number of halogens is 3. The summed E-state index contributed by atoms with van der Waals surface area (Å²) in [4.78, 5) is 22.2. The molecule has 0 bridgehead atoms. The van der Waals surface area contributed by atoms with Crippen LogP contribution in [0.1, 0.15) is 24.4 Å². The monoisotopic (exact) mass is 319 g/mol. The van der Waals surface area contributed by atoms with Crippen molar-refractivity contribution in [3.05, 3.63) is 35.9 Å². The fourth-order valence-corrected chi connectivity index (χ4v) is 2.14. The van der Waals surface area contributed by atoms with Crippen molar-refractivity contribution in [3.8, 4) is 0 Å². The Kier molecular flexibility index (Phi) is 6.36. The largest absolute Gasteiger partial charge is 0.490 e. The lowest BCUT2D eigenvalue weighted by atomic mass is 10.1. The fraction of sp³-hybridized carbons (Fsp3) is 0.429. The Bertz CT molecular complexity index is 499. The van der Waals surface area contributed by atoms with Crippen molar-refractivity contribution in [2.45, 2.75) is 25.1 Å². The molecule has 22 heavy (non-hydrogen) atoms. The van der Waals surface area contributed by atoms with Crippen molar-refractivity contribution in [1.29, 1.82) is 0 Å². The summed E-state index contributed by atoms with van der Waals surface area (Å²) in [5.41, 5.74) is 0.881. The maximum absolute atomic E-state index is 11.2. The highest BCUT2D eigenvalue weighted by atomic mass is 19.4. The van der Waals surface area contributed by atoms with Gasteiger partial charge in [-0.05, 0) is 31.5 Å². The maximum Gasteiger partial charge on any atom is 0.490 e. The molecule has 0 radical (unpaired) electrons. The molecule has 1 atom stereocenters. The molecule has 1 heterocycles.